The van der Waals surface area contributed by atoms with Crippen LogP contribution in [0.2, 0.25) is 0 Å². The summed E-state index contributed by atoms with van der Waals surface area (Å²) in [5.41, 5.74) is 2.43. The van der Waals surface area contributed by atoms with Crippen LogP contribution in [0.5, 0.6) is 10.9 Å². The Morgan fingerprint density at radius 2 is 1.89 bits per heavy atom. The van der Waals surface area contributed by atoms with Crippen molar-refractivity contribution in [1.82, 2.24) is 14.8 Å². The summed E-state index contributed by atoms with van der Waals surface area (Å²) in [6.45, 7) is 2.11. The van der Waals surface area contributed by atoms with E-state index in [1.54, 1.807) is 24.3 Å². The van der Waals surface area contributed by atoms with Crippen LogP contribution in [0.3, 0.4) is 0 Å². The molecule has 1 aromatic heterocycles. The SMILES string of the molecule is Cc1ccc(CN(C=Nc2ccc(Oc3ncc(C(=O)O)s3)cc2)C(=O)N(C=O)CCC#N)cc1. The normalized spacial score (nSPS) is 10.5. The van der Waals surface area contributed by atoms with Gasteiger partial charge in [0.2, 0.25) is 6.41 Å². The van der Waals surface area contributed by atoms with Crippen molar-refractivity contribution < 1.29 is 24.2 Å². The number of aliphatic imine (C=N–C) groups is 1. The van der Waals surface area contributed by atoms with Crippen LogP contribution in [0.4, 0.5) is 10.5 Å². The largest absolute Gasteiger partial charge is 0.477 e. The molecule has 0 spiro atoms. The maximum Gasteiger partial charge on any atom is 0.347 e. The second-order valence-electron chi connectivity index (χ2n) is 7.24. The highest BCUT2D eigenvalue weighted by Gasteiger charge is 2.19. The predicted molar refractivity (Wildman–Crippen MR) is 129 cm³/mol. The lowest BCUT2D eigenvalue weighted by molar-refractivity contribution is -0.115. The zero-order valence-corrected chi connectivity index (χ0v) is 19.5. The number of hydrogen-bond donors (Lipinski definition) is 1. The molecule has 1 N–H and O–H groups in total. The molecule has 0 radical (unpaired) electrons. The highest BCUT2D eigenvalue weighted by Crippen LogP contribution is 2.28. The Kier molecular flexibility index (Phi) is 8.64. The van der Waals surface area contributed by atoms with Gasteiger partial charge < -0.3 is 9.84 Å². The van der Waals surface area contributed by atoms with E-state index in [-0.39, 0.29) is 29.6 Å². The molecule has 0 saturated heterocycles. The lowest BCUT2D eigenvalue weighted by atomic mass is 10.1. The van der Waals surface area contributed by atoms with E-state index in [0.29, 0.717) is 17.8 Å². The number of aryl methyl sites for hydroxylation is 1. The quantitative estimate of drug-likeness (QED) is 0.249. The third-order valence-corrected chi connectivity index (χ3v) is 5.50. The number of benzene rings is 2. The molecule has 0 atom stereocenters. The Labute approximate surface area is 205 Å². The molecule has 0 saturated carbocycles. The third kappa shape index (κ3) is 7.21. The standard InChI is InChI=1S/C24H21N5O5S/c1-17-3-5-18(6-4-17)14-29(24(33)28(16-30)12-2-11-25)15-27-19-7-9-20(10-8-19)34-23-26-13-21(35-23)22(31)32/h3-10,13,15-16H,2,12,14H2,1H3,(H,31,32). The summed E-state index contributed by atoms with van der Waals surface area (Å²) in [7, 11) is 0. The number of nitrogens with zero attached hydrogens (tertiary/aromatic N) is 5. The number of amides is 3. The Balaban J connectivity index is 1.75. The van der Waals surface area contributed by atoms with Crippen LogP contribution < -0.4 is 4.74 Å². The van der Waals surface area contributed by atoms with Gasteiger partial charge in [-0.05, 0) is 36.8 Å². The van der Waals surface area contributed by atoms with Crippen molar-refractivity contribution in [1.29, 1.82) is 5.26 Å². The first-order valence-electron chi connectivity index (χ1n) is 10.4. The summed E-state index contributed by atoms with van der Waals surface area (Å²) in [6, 6.07) is 15.5. The highest BCUT2D eigenvalue weighted by atomic mass is 32.1. The van der Waals surface area contributed by atoms with Gasteiger partial charge >= 0.3 is 12.0 Å². The molecule has 3 amide bonds. The predicted octanol–water partition coefficient (Wildman–Crippen LogP) is 4.60. The van der Waals surface area contributed by atoms with Gasteiger partial charge in [-0.25, -0.2) is 19.6 Å². The van der Waals surface area contributed by atoms with Crippen molar-refractivity contribution in [3.63, 3.8) is 0 Å². The third-order valence-electron chi connectivity index (χ3n) is 4.64. The van der Waals surface area contributed by atoms with Crippen molar-refractivity contribution in [2.24, 2.45) is 4.99 Å². The molecule has 1 heterocycles. The summed E-state index contributed by atoms with van der Waals surface area (Å²) in [5, 5.41) is 18.0. The average Bonchev–Trinajstić information content (AvgIpc) is 3.33. The van der Waals surface area contributed by atoms with Crippen molar-refractivity contribution in [2.45, 2.75) is 19.9 Å². The van der Waals surface area contributed by atoms with E-state index in [1.165, 1.54) is 17.4 Å². The van der Waals surface area contributed by atoms with Crippen LogP contribution in [0.15, 0.2) is 59.7 Å². The van der Waals surface area contributed by atoms with Crippen LogP contribution in [-0.2, 0) is 11.3 Å². The first-order chi connectivity index (χ1) is 16.9. The molecule has 10 nitrogen and oxygen atoms in total. The van der Waals surface area contributed by atoms with Gasteiger partial charge in [0.05, 0.1) is 37.3 Å². The molecular weight excluding hydrogens is 470 g/mol. The molecule has 0 bridgehead atoms. The monoisotopic (exact) mass is 491 g/mol. The van der Waals surface area contributed by atoms with Crippen LogP contribution in [0, 0.1) is 18.3 Å². The van der Waals surface area contributed by atoms with Gasteiger partial charge in [-0.15, -0.1) is 0 Å². The van der Waals surface area contributed by atoms with Gasteiger partial charge in [-0.2, -0.15) is 5.26 Å². The molecule has 11 heteroatoms. The molecule has 0 unspecified atom stereocenters. The maximum atomic E-state index is 12.9. The second-order valence-corrected chi connectivity index (χ2v) is 8.23. The minimum atomic E-state index is -1.08. The van der Waals surface area contributed by atoms with E-state index in [9.17, 15) is 14.4 Å². The van der Waals surface area contributed by atoms with Crippen LogP contribution >= 0.6 is 11.3 Å². The molecule has 0 aliphatic carbocycles. The number of nitriles is 1. The second kappa shape index (κ2) is 12.1. The smallest absolute Gasteiger partial charge is 0.347 e. The van der Waals surface area contributed by atoms with Gasteiger partial charge in [0.25, 0.3) is 5.19 Å². The van der Waals surface area contributed by atoms with E-state index in [0.717, 1.165) is 27.4 Å². The number of aromatic nitrogens is 1. The fourth-order valence-corrected chi connectivity index (χ4v) is 3.44. The molecule has 3 rings (SSSR count). The summed E-state index contributed by atoms with van der Waals surface area (Å²) >= 11 is 0.910. The van der Waals surface area contributed by atoms with Crippen LogP contribution in [0.25, 0.3) is 0 Å². The molecule has 3 aromatic rings. The van der Waals surface area contributed by atoms with E-state index < -0.39 is 12.0 Å². The minimum Gasteiger partial charge on any atom is -0.477 e. The Hall–Kier alpha value is -4.56. The number of rotatable bonds is 10. The van der Waals surface area contributed by atoms with Crippen molar-refractivity contribution >= 4 is 41.8 Å². The Morgan fingerprint density at radius 3 is 2.49 bits per heavy atom. The number of carbonyl (C=O) groups is 3. The number of imide groups is 1. The lowest BCUT2D eigenvalue weighted by Crippen LogP contribution is -2.42. The molecule has 35 heavy (non-hydrogen) atoms. The molecule has 0 aliphatic heterocycles. The number of urea groups is 1. The average molecular weight is 492 g/mol. The number of ether oxygens (including phenoxy) is 1. The number of carbonyl (C=O) groups excluding carboxylic acids is 2. The number of hydrogen-bond acceptors (Lipinski definition) is 8. The van der Waals surface area contributed by atoms with Crippen LogP contribution in [0.1, 0.15) is 27.2 Å². The highest BCUT2D eigenvalue weighted by molar-refractivity contribution is 7.15. The number of aromatic carboxylic acids is 1. The van der Waals surface area contributed by atoms with E-state index in [1.807, 2.05) is 37.3 Å². The first-order valence-corrected chi connectivity index (χ1v) is 11.2. The Morgan fingerprint density at radius 1 is 1.17 bits per heavy atom. The van der Waals surface area contributed by atoms with Gasteiger partial charge in [0.15, 0.2) is 0 Å². The fraction of sp³-hybridized carbons (Fsp3) is 0.167. The van der Waals surface area contributed by atoms with Gasteiger partial charge in [-0.3, -0.25) is 14.6 Å². The number of carboxylic acid groups (broad SMARTS) is 1. The fourth-order valence-electron chi connectivity index (χ4n) is 2.82. The van der Waals surface area contributed by atoms with Crippen molar-refractivity contribution in [2.75, 3.05) is 6.54 Å². The Bertz CT molecular complexity index is 1250. The molecule has 0 fully saturated rings. The summed E-state index contributed by atoms with van der Waals surface area (Å²) in [6.07, 6.45) is 2.98. The molecule has 0 aliphatic rings. The number of thiazole rings is 1. The zero-order chi connectivity index (χ0) is 25.2. The maximum absolute atomic E-state index is 12.9. The molecular formula is C24H21N5O5S. The van der Waals surface area contributed by atoms with Crippen LogP contribution in [-0.4, -0.2) is 51.2 Å². The lowest BCUT2D eigenvalue weighted by Gasteiger charge is -2.23. The van der Waals surface area contributed by atoms with E-state index in [2.05, 4.69) is 9.98 Å². The van der Waals surface area contributed by atoms with Crippen molar-refractivity contribution in [3.05, 3.63) is 70.7 Å². The van der Waals surface area contributed by atoms with Crippen molar-refractivity contribution in [3.8, 4) is 17.0 Å². The molecule has 178 valence electrons. The van der Waals surface area contributed by atoms with Gasteiger partial charge in [0.1, 0.15) is 10.6 Å². The summed E-state index contributed by atoms with van der Waals surface area (Å²) < 4.78 is 5.56. The van der Waals surface area contributed by atoms with Gasteiger partial charge in [0, 0.05) is 6.54 Å². The summed E-state index contributed by atoms with van der Waals surface area (Å²) in [5.74, 6) is -0.640. The zero-order valence-electron chi connectivity index (χ0n) is 18.7. The minimum absolute atomic E-state index is 0.0223. The molecule has 2 aromatic carbocycles. The number of carboxylic acids is 1. The van der Waals surface area contributed by atoms with E-state index in [4.69, 9.17) is 15.1 Å². The first kappa shape index (κ1) is 25.1. The topological polar surface area (TPSA) is 136 Å². The van der Waals surface area contributed by atoms with Gasteiger partial charge in [-0.1, -0.05) is 41.2 Å². The summed E-state index contributed by atoms with van der Waals surface area (Å²) in [4.78, 5) is 45.9. The van der Waals surface area contributed by atoms with E-state index >= 15 is 0 Å².